The summed E-state index contributed by atoms with van der Waals surface area (Å²) < 4.78 is 38.7. The Morgan fingerprint density at radius 2 is 2.05 bits per heavy atom. The van der Waals surface area contributed by atoms with Crippen molar-refractivity contribution in [1.29, 1.82) is 0 Å². The molecule has 0 heterocycles. The molecule has 0 atom stereocenters. The molecule has 1 aromatic rings. The van der Waals surface area contributed by atoms with Crippen LogP contribution in [0.25, 0.3) is 0 Å². The standard InChI is InChI=1S/C12H18FN3O2S2/c1-12(2,16-20(3,17)18)7-15-10-5-4-8(11(14)19)6-9(10)13/h4-6,15-16H,7H2,1-3H3,(H2,14,19). The normalized spacial score (nSPS) is 12.2. The SMILES string of the molecule is CC(C)(CNc1ccc(C(N)=S)cc1F)NS(C)(=O)=O. The van der Waals surface area contributed by atoms with Crippen LogP contribution < -0.4 is 15.8 Å². The summed E-state index contributed by atoms with van der Waals surface area (Å²) in [5.41, 5.74) is 5.36. The summed E-state index contributed by atoms with van der Waals surface area (Å²) in [6, 6.07) is 4.35. The van der Waals surface area contributed by atoms with Gasteiger partial charge in [0.05, 0.1) is 11.9 Å². The average Bonchev–Trinajstić information content (AvgIpc) is 2.23. The van der Waals surface area contributed by atoms with Crippen molar-refractivity contribution in [3.63, 3.8) is 0 Å². The van der Waals surface area contributed by atoms with Crippen molar-refractivity contribution in [3.05, 3.63) is 29.6 Å². The first-order valence-electron chi connectivity index (χ1n) is 5.82. The van der Waals surface area contributed by atoms with Crippen molar-refractivity contribution in [2.45, 2.75) is 19.4 Å². The van der Waals surface area contributed by atoms with E-state index in [2.05, 4.69) is 10.0 Å². The molecule has 0 aromatic heterocycles. The molecule has 0 aliphatic heterocycles. The summed E-state index contributed by atoms with van der Waals surface area (Å²) >= 11 is 4.76. The molecule has 0 aliphatic rings. The zero-order valence-corrected chi connectivity index (χ0v) is 13.2. The second kappa shape index (κ2) is 6.02. The van der Waals surface area contributed by atoms with Crippen LogP contribution in [-0.2, 0) is 10.0 Å². The van der Waals surface area contributed by atoms with Gasteiger partial charge in [0.25, 0.3) is 0 Å². The first kappa shape index (κ1) is 16.8. The molecule has 112 valence electrons. The largest absolute Gasteiger partial charge is 0.389 e. The molecule has 0 radical (unpaired) electrons. The van der Waals surface area contributed by atoms with Crippen LogP contribution in [0.1, 0.15) is 19.4 Å². The van der Waals surface area contributed by atoms with E-state index in [1.807, 2.05) is 0 Å². The van der Waals surface area contributed by atoms with Gasteiger partial charge in [0.2, 0.25) is 10.0 Å². The molecule has 1 rings (SSSR count). The van der Waals surface area contributed by atoms with Crippen LogP contribution in [0.2, 0.25) is 0 Å². The molecule has 20 heavy (non-hydrogen) atoms. The van der Waals surface area contributed by atoms with E-state index in [1.165, 1.54) is 12.1 Å². The van der Waals surface area contributed by atoms with Gasteiger partial charge in [0.1, 0.15) is 10.8 Å². The fourth-order valence-electron chi connectivity index (χ4n) is 1.67. The third-order valence-electron chi connectivity index (χ3n) is 2.44. The van der Waals surface area contributed by atoms with Crippen LogP contribution in [0.5, 0.6) is 0 Å². The minimum Gasteiger partial charge on any atom is -0.389 e. The van der Waals surface area contributed by atoms with Gasteiger partial charge in [0.15, 0.2) is 0 Å². The lowest BCUT2D eigenvalue weighted by atomic mass is 10.1. The Balaban J connectivity index is 2.78. The van der Waals surface area contributed by atoms with Crippen molar-refractivity contribution in [3.8, 4) is 0 Å². The molecule has 0 saturated carbocycles. The van der Waals surface area contributed by atoms with E-state index in [0.717, 1.165) is 6.26 Å². The van der Waals surface area contributed by atoms with Crippen molar-refractivity contribution in [1.82, 2.24) is 4.72 Å². The zero-order chi connectivity index (χ0) is 15.6. The lowest BCUT2D eigenvalue weighted by Gasteiger charge is -2.26. The number of benzene rings is 1. The van der Waals surface area contributed by atoms with E-state index in [9.17, 15) is 12.8 Å². The highest BCUT2D eigenvalue weighted by molar-refractivity contribution is 7.88. The quantitative estimate of drug-likeness (QED) is 0.686. The van der Waals surface area contributed by atoms with E-state index in [1.54, 1.807) is 19.9 Å². The fourth-order valence-corrected chi connectivity index (χ4v) is 2.87. The topological polar surface area (TPSA) is 84.2 Å². The number of sulfonamides is 1. The number of nitrogens with one attached hydrogen (secondary N) is 2. The highest BCUT2D eigenvalue weighted by Crippen LogP contribution is 2.17. The average molecular weight is 319 g/mol. The first-order chi connectivity index (χ1) is 9.00. The fraction of sp³-hybridized carbons (Fsp3) is 0.417. The predicted octanol–water partition coefficient (Wildman–Crippen LogP) is 1.20. The molecule has 0 saturated heterocycles. The summed E-state index contributed by atoms with van der Waals surface area (Å²) in [6.45, 7) is 3.62. The lowest BCUT2D eigenvalue weighted by Crippen LogP contribution is -2.47. The third-order valence-corrected chi connectivity index (χ3v) is 3.60. The van der Waals surface area contributed by atoms with E-state index in [4.69, 9.17) is 18.0 Å². The van der Waals surface area contributed by atoms with Crippen molar-refractivity contribution < 1.29 is 12.8 Å². The number of nitrogens with two attached hydrogens (primary N) is 1. The monoisotopic (exact) mass is 319 g/mol. The van der Waals surface area contributed by atoms with Gasteiger partial charge in [-0.2, -0.15) is 0 Å². The van der Waals surface area contributed by atoms with Gasteiger partial charge in [-0.25, -0.2) is 17.5 Å². The molecule has 1 aromatic carbocycles. The van der Waals surface area contributed by atoms with Crippen LogP contribution in [0.4, 0.5) is 10.1 Å². The molecule has 0 bridgehead atoms. The minimum atomic E-state index is -3.33. The van der Waals surface area contributed by atoms with Gasteiger partial charge in [0, 0.05) is 17.6 Å². The van der Waals surface area contributed by atoms with Gasteiger partial charge < -0.3 is 11.1 Å². The smallest absolute Gasteiger partial charge is 0.209 e. The summed E-state index contributed by atoms with van der Waals surface area (Å²) in [4.78, 5) is 0.120. The van der Waals surface area contributed by atoms with Crippen LogP contribution >= 0.6 is 12.2 Å². The number of anilines is 1. The Bertz CT molecular complexity index is 615. The van der Waals surface area contributed by atoms with Crippen LogP contribution in [-0.4, -0.2) is 31.7 Å². The molecule has 8 heteroatoms. The maximum Gasteiger partial charge on any atom is 0.209 e. The highest BCUT2D eigenvalue weighted by atomic mass is 32.2. The Labute approximate surface area is 123 Å². The second-order valence-corrected chi connectivity index (χ2v) is 7.36. The van der Waals surface area contributed by atoms with Crippen molar-refractivity contribution >= 4 is 32.9 Å². The maximum absolute atomic E-state index is 13.8. The zero-order valence-electron chi connectivity index (χ0n) is 11.5. The van der Waals surface area contributed by atoms with Crippen molar-refractivity contribution in [2.24, 2.45) is 5.73 Å². The first-order valence-corrected chi connectivity index (χ1v) is 8.12. The molecule has 5 nitrogen and oxygen atoms in total. The summed E-state index contributed by atoms with van der Waals surface area (Å²) in [5, 5.41) is 2.86. The van der Waals surface area contributed by atoms with Crippen molar-refractivity contribution in [2.75, 3.05) is 18.1 Å². The molecular weight excluding hydrogens is 301 g/mol. The lowest BCUT2D eigenvalue weighted by molar-refractivity contribution is 0.475. The molecule has 0 amide bonds. The minimum absolute atomic E-state index is 0.120. The third kappa shape index (κ3) is 5.40. The molecule has 0 unspecified atom stereocenters. The van der Waals surface area contributed by atoms with Crippen LogP contribution in [0.15, 0.2) is 18.2 Å². The van der Waals surface area contributed by atoms with Crippen LogP contribution in [0.3, 0.4) is 0 Å². The summed E-state index contributed by atoms with van der Waals surface area (Å²) in [5.74, 6) is -0.495. The van der Waals surface area contributed by atoms with E-state index < -0.39 is 21.4 Å². The number of halogens is 1. The number of thiocarbonyl (C=S) groups is 1. The van der Waals surface area contributed by atoms with Gasteiger partial charge in [-0.05, 0) is 32.0 Å². The number of hydrogen-bond acceptors (Lipinski definition) is 4. The van der Waals surface area contributed by atoms with Gasteiger partial charge in [-0.15, -0.1) is 0 Å². The summed E-state index contributed by atoms with van der Waals surface area (Å²) in [6.07, 6.45) is 1.08. The van der Waals surface area contributed by atoms with Gasteiger partial charge >= 0.3 is 0 Å². The molecular formula is C12H18FN3O2S2. The van der Waals surface area contributed by atoms with Gasteiger partial charge in [-0.1, -0.05) is 12.2 Å². The number of rotatable bonds is 6. The van der Waals surface area contributed by atoms with Crippen LogP contribution in [0, 0.1) is 5.82 Å². The Kier molecular flexibility index (Phi) is 5.06. The predicted molar refractivity (Wildman–Crippen MR) is 82.8 cm³/mol. The molecule has 0 aliphatic carbocycles. The molecule has 0 fully saturated rings. The van der Waals surface area contributed by atoms with Gasteiger partial charge in [-0.3, -0.25) is 0 Å². The highest BCUT2D eigenvalue weighted by Gasteiger charge is 2.22. The van der Waals surface area contributed by atoms with E-state index in [0.29, 0.717) is 5.56 Å². The maximum atomic E-state index is 13.8. The second-order valence-electron chi connectivity index (χ2n) is 5.17. The molecule has 0 spiro atoms. The Morgan fingerprint density at radius 1 is 1.45 bits per heavy atom. The summed E-state index contributed by atoms with van der Waals surface area (Å²) in [7, 11) is -3.33. The number of hydrogen-bond donors (Lipinski definition) is 3. The van der Waals surface area contributed by atoms with E-state index >= 15 is 0 Å². The van der Waals surface area contributed by atoms with E-state index in [-0.39, 0.29) is 17.2 Å². The Hall–Kier alpha value is -1.25. The molecule has 4 N–H and O–H groups in total. The Morgan fingerprint density at radius 3 is 2.50 bits per heavy atom.